The van der Waals surface area contributed by atoms with Crippen LogP contribution in [0.5, 0.6) is 0 Å². The molecule has 0 radical (unpaired) electrons. The maximum atomic E-state index is 11.7. The molecule has 17 heavy (non-hydrogen) atoms. The van der Waals surface area contributed by atoms with E-state index in [-0.39, 0.29) is 11.5 Å². The molecule has 0 aliphatic carbocycles. The van der Waals surface area contributed by atoms with Crippen LogP contribution in [0.4, 0.5) is 0 Å². The normalized spacial score (nSPS) is 12.8. The fraction of sp³-hybridized carbons (Fsp3) is 0.667. The van der Waals surface area contributed by atoms with E-state index in [1.54, 1.807) is 6.92 Å². The van der Waals surface area contributed by atoms with Crippen LogP contribution in [0.15, 0.2) is 11.5 Å². The molecule has 4 nitrogen and oxygen atoms in total. The minimum absolute atomic E-state index is 0.0740. The van der Waals surface area contributed by atoms with E-state index in [4.69, 9.17) is 9.16 Å². The molecular formula is C12H22O4Si. The molecule has 98 valence electrons. The van der Waals surface area contributed by atoms with Gasteiger partial charge in [-0.3, -0.25) is 9.59 Å². The Morgan fingerprint density at radius 3 is 1.88 bits per heavy atom. The molecule has 0 aromatic heterocycles. The Morgan fingerprint density at radius 1 is 1.06 bits per heavy atom. The highest BCUT2D eigenvalue weighted by molar-refractivity contribution is 6.70. The predicted molar refractivity (Wildman–Crippen MR) is 68.8 cm³/mol. The summed E-state index contributed by atoms with van der Waals surface area (Å²) in [7, 11) is -1.82. The van der Waals surface area contributed by atoms with Gasteiger partial charge in [-0.15, -0.1) is 0 Å². The Labute approximate surface area is 104 Å². The standard InChI is InChI=1S/C12H22O4Si/c1-7-10(14)12(15-9(3)13)11(8-2)16-17(4,5)6/h7-8H2,1-6H3/b12-11+. The molecule has 5 heteroatoms. The van der Waals surface area contributed by atoms with E-state index in [0.29, 0.717) is 18.6 Å². The largest absolute Gasteiger partial charge is 0.545 e. The van der Waals surface area contributed by atoms with Gasteiger partial charge in [-0.25, -0.2) is 0 Å². The van der Waals surface area contributed by atoms with E-state index in [9.17, 15) is 9.59 Å². The van der Waals surface area contributed by atoms with Crippen molar-refractivity contribution in [3.05, 3.63) is 11.5 Å². The summed E-state index contributed by atoms with van der Waals surface area (Å²) in [4.78, 5) is 22.7. The fourth-order valence-electron chi connectivity index (χ4n) is 1.22. The lowest BCUT2D eigenvalue weighted by Crippen LogP contribution is -2.27. The second-order valence-electron chi connectivity index (χ2n) is 4.69. The van der Waals surface area contributed by atoms with Crippen LogP contribution < -0.4 is 0 Å². The van der Waals surface area contributed by atoms with Gasteiger partial charge in [-0.05, 0) is 19.6 Å². The molecule has 0 saturated carbocycles. The monoisotopic (exact) mass is 258 g/mol. The van der Waals surface area contributed by atoms with Gasteiger partial charge in [0, 0.05) is 19.8 Å². The zero-order valence-corrected chi connectivity index (χ0v) is 12.5. The third-order valence-corrected chi connectivity index (χ3v) is 2.68. The number of Topliss-reactive ketones (excluding diaryl/α,β-unsaturated/α-hetero) is 1. The Hall–Kier alpha value is -1.10. The van der Waals surface area contributed by atoms with Gasteiger partial charge >= 0.3 is 5.97 Å². The Balaban J connectivity index is 5.28. The highest BCUT2D eigenvalue weighted by Crippen LogP contribution is 2.19. The molecule has 0 fully saturated rings. The van der Waals surface area contributed by atoms with Crippen molar-refractivity contribution >= 4 is 20.1 Å². The third kappa shape index (κ3) is 6.26. The lowest BCUT2D eigenvalue weighted by atomic mass is 10.2. The molecule has 0 N–H and O–H groups in total. The molecule has 0 aliphatic heterocycles. The summed E-state index contributed by atoms with van der Waals surface area (Å²) >= 11 is 0. The van der Waals surface area contributed by atoms with Gasteiger partial charge in [-0.2, -0.15) is 0 Å². The number of carbonyl (C=O) groups excluding carboxylic acids is 2. The predicted octanol–water partition coefficient (Wildman–Crippen LogP) is 3.00. The second-order valence-corrected chi connectivity index (χ2v) is 9.12. The molecule has 0 aliphatic rings. The molecule has 0 rings (SSSR count). The molecule has 0 unspecified atom stereocenters. The second kappa shape index (κ2) is 6.59. The van der Waals surface area contributed by atoms with Crippen molar-refractivity contribution in [2.45, 2.75) is 53.3 Å². The molecule has 0 aromatic rings. The number of esters is 1. The highest BCUT2D eigenvalue weighted by Gasteiger charge is 2.23. The Morgan fingerprint density at radius 2 is 1.59 bits per heavy atom. The number of carbonyl (C=O) groups is 2. The van der Waals surface area contributed by atoms with E-state index in [0.717, 1.165) is 0 Å². The maximum Gasteiger partial charge on any atom is 0.308 e. The first kappa shape index (κ1) is 15.9. The van der Waals surface area contributed by atoms with E-state index in [1.165, 1.54) is 6.92 Å². The van der Waals surface area contributed by atoms with Crippen LogP contribution in [0.2, 0.25) is 19.6 Å². The van der Waals surface area contributed by atoms with Crippen molar-refractivity contribution in [2.24, 2.45) is 0 Å². The average Bonchev–Trinajstić information content (AvgIpc) is 2.20. The summed E-state index contributed by atoms with van der Waals surface area (Å²) < 4.78 is 10.8. The zero-order valence-electron chi connectivity index (χ0n) is 11.5. The van der Waals surface area contributed by atoms with Gasteiger partial charge in [0.1, 0.15) is 5.76 Å². The smallest absolute Gasteiger partial charge is 0.308 e. The molecule has 0 aromatic carbocycles. The molecule has 0 heterocycles. The molecule has 0 atom stereocenters. The van der Waals surface area contributed by atoms with Crippen molar-refractivity contribution in [1.29, 1.82) is 0 Å². The van der Waals surface area contributed by atoms with Crippen LogP contribution in [-0.2, 0) is 18.8 Å². The average molecular weight is 258 g/mol. The quantitative estimate of drug-likeness (QED) is 0.318. The minimum Gasteiger partial charge on any atom is -0.545 e. The SMILES string of the molecule is CCC(=O)/C(OC(C)=O)=C(/CC)O[Si](C)(C)C. The van der Waals surface area contributed by atoms with Crippen molar-refractivity contribution in [2.75, 3.05) is 0 Å². The van der Waals surface area contributed by atoms with Crippen molar-refractivity contribution in [1.82, 2.24) is 0 Å². The summed E-state index contributed by atoms with van der Waals surface area (Å²) in [5.74, 6) is -0.127. The number of ketones is 1. The molecular weight excluding hydrogens is 236 g/mol. The van der Waals surface area contributed by atoms with Crippen LogP contribution in [0.3, 0.4) is 0 Å². The van der Waals surface area contributed by atoms with Gasteiger partial charge in [0.2, 0.25) is 19.9 Å². The summed E-state index contributed by atoms with van der Waals surface area (Å²) in [6, 6.07) is 0. The number of allylic oxidation sites excluding steroid dienone is 2. The summed E-state index contributed by atoms with van der Waals surface area (Å²) in [5, 5.41) is 0. The fourth-order valence-corrected chi connectivity index (χ4v) is 2.20. The molecule has 0 spiro atoms. The number of rotatable bonds is 6. The lowest BCUT2D eigenvalue weighted by Gasteiger charge is -2.22. The van der Waals surface area contributed by atoms with Crippen LogP contribution in [0, 0.1) is 0 Å². The van der Waals surface area contributed by atoms with Gasteiger partial charge in [-0.1, -0.05) is 13.8 Å². The summed E-state index contributed by atoms with van der Waals surface area (Å²) in [6.07, 6.45) is 0.833. The van der Waals surface area contributed by atoms with Crippen molar-refractivity contribution in [3.8, 4) is 0 Å². The Bertz CT molecular complexity index is 326. The van der Waals surface area contributed by atoms with E-state index in [2.05, 4.69) is 0 Å². The molecule has 0 bridgehead atoms. The zero-order chi connectivity index (χ0) is 13.6. The van der Waals surface area contributed by atoms with Crippen molar-refractivity contribution < 1.29 is 18.8 Å². The maximum absolute atomic E-state index is 11.7. The lowest BCUT2D eigenvalue weighted by molar-refractivity contribution is -0.140. The summed E-state index contributed by atoms with van der Waals surface area (Å²) in [6.45, 7) is 10.9. The first-order valence-corrected chi connectivity index (χ1v) is 9.25. The number of hydrogen-bond acceptors (Lipinski definition) is 4. The Kier molecular flexibility index (Phi) is 6.16. The van der Waals surface area contributed by atoms with Crippen LogP contribution in [-0.4, -0.2) is 20.1 Å². The first-order valence-electron chi connectivity index (χ1n) is 5.85. The molecule has 0 saturated heterocycles. The van der Waals surface area contributed by atoms with E-state index in [1.807, 2.05) is 26.6 Å². The summed E-state index contributed by atoms with van der Waals surface area (Å²) in [5.41, 5.74) is 0. The highest BCUT2D eigenvalue weighted by atomic mass is 28.4. The first-order chi connectivity index (χ1) is 7.71. The van der Waals surface area contributed by atoms with Crippen LogP contribution in [0.1, 0.15) is 33.6 Å². The van der Waals surface area contributed by atoms with Crippen molar-refractivity contribution in [3.63, 3.8) is 0 Å². The van der Waals surface area contributed by atoms with Crippen LogP contribution in [0.25, 0.3) is 0 Å². The van der Waals surface area contributed by atoms with Gasteiger partial charge in [0.05, 0.1) is 0 Å². The van der Waals surface area contributed by atoms with E-state index >= 15 is 0 Å². The minimum atomic E-state index is -1.82. The van der Waals surface area contributed by atoms with Gasteiger partial charge in [0.15, 0.2) is 0 Å². The van der Waals surface area contributed by atoms with E-state index < -0.39 is 14.3 Å². The number of hydrogen-bond donors (Lipinski definition) is 0. The third-order valence-electron chi connectivity index (χ3n) is 1.82. The topological polar surface area (TPSA) is 52.6 Å². The number of ether oxygens (including phenoxy) is 1. The molecule has 0 amide bonds. The van der Waals surface area contributed by atoms with Gasteiger partial charge in [0.25, 0.3) is 0 Å². The van der Waals surface area contributed by atoms with Crippen LogP contribution >= 0.6 is 0 Å². The van der Waals surface area contributed by atoms with Gasteiger partial charge < -0.3 is 9.16 Å².